The Balaban J connectivity index is 1.50. The molecule has 2 aromatic heterocycles. The number of rotatable bonds is 5. The first-order chi connectivity index (χ1) is 16.5. The molecule has 0 unspecified atom stereocenters. The number of carbonyl (C=O) groups excluding carboxylic acids is 1. The summed E-state index contributed by atoms with van der Waals surface area (Å²) in [5.41, 5.74) is 1.77. The van der Waals surface area contributed by atoms with Crippen molar-refractivity contribution >= 4 is 28.5 Å². The van der Waals surface area contributed by atoms with E-state index in [-0.39, 0.29) is 28.4 Å². The van der Waals surface area contributed by atoms with Crippen molar-refractivity contribution in [3.05, 3.63) is 94.9 Å². The van der Waals surface area contributed by atoms with E-state index in [0.29, 0.717) is 36.5 Å². The minimum Gasteiger partial charge on any atom is -0.454 e. The van der Waals surface area contributed by atoms with Crippen LogP contribution in [0.1, 0.15) is 12.5 Å². The lowest BCUT2D eigenvalue weighted by Gasteiger charge is -2.15. The molecule has 1 aliphatic rings. The summed E-state index contributed by atoms with van der Waals surface area (Å²) in [5.74, 6) is -0.376. The van der Waals surface area contributed by atoms with E-state index in [0.717, 1.165) is 5.52 Å². The number of carbonyl (C=O) groups is 1. The largest absolute Gasteiger partial charge is 0.454 e. The molecular weight excluding hydrogens is 459 g/mol. The standard InChI is InChI=1S/C25H20ClFN4O3/c1-2-23(32)29-13-11-17(15-29)31-20-10-12-28-14-21(20)30(25(31)33)16-6-8-18(9-7-16)34-22-5-3-4-19(26)24(22)27/h2-10,12,14,17H,1,11,13,15H2/t17-/m1/s1. The van der Waals surface area contributed by atoms with Crippen LogP contribution >= 0.6 is 11.6 Å². The molecule has 1 aliphatic heterocycles. The lowest BCUT2D eigenvalue weighted by molar-refractivity contribution is -0.125. The van der Waals surface area contributed by atoms with Gasteiger partial charge in [0.2, 0.25) is 5.91 Å². The molecular formula is C25H20ClFN4O3. The maximum Gasteiger partial charge on any atom is 0.334 e. The number of nitrogens with zero attached hydrogens (tertiary/aromatic N) is 4. The van der Waals surface area contributed by atoms with Crippen molar-refractivity contribution in [1.29, 1.82) is 0 Å². The average Bonchev–Trinajstić information content (AvgIpc) is 3.44. The Morgan fingerprint density at radius 1 is 1.18 bits per heavy atom. The zero-order valence-corrected chi connectivity index (χ0v) is 18.8. The van der Waals surface area contributed by atoms with Gasteiger partial charge in [-0.2, -0.15) is 0 Å². The van der Waals surface area contributed by atoms with Gasteiger partial charge in [-0.25, -0.2) is 9.18 Å². The summed E-state index contributed by atoms with van der Waals surface area (Å²) in [4.78, 5) is 31.5. The number of ether oxygens (including phenoxy) is 1. The van der Waals surface area contributed by atoms with E-state index in [1.165, 1.54) is 18.2 Å². The summed E-state index contributed by atoms with van der Waals surface area (Å²) < 4.78 is 23.1. The lowest BCUT2D eigenvalue weighted by atomic mass is 10.2. The first-order valence-electron chi connectivity index (χ1n) is 10.7. The molecule has 7 nitrogen and oxygen atoms in total. The fourth-order valence-corrected chi connectivity index (χ4v) is 4.47. The van der Waals surface area contributed by atoms with Gasteiger partial charge in [-0.05, 0) is 55.0 Å². The lowest BCUT2D eigenvalue weighted by Crippen LogP contribution is -2.31. The van der Waals surface area contributed by atoms with Crippen molar-refractivity contribution in [2.45, 2.75) is 12.5 Å². The maximum atomic E-state index is 14.2. The minimum absolute atomic E-state index is 0.0121. The van der Waals surface area contributed by atoms with Gasteiger partial charge in [0, 0.05) is 19.3 Å². The molecule has 0 bridgehead atoms. The van der Waals surface area contributed by atoms with Crippen LogP contribution in [0.4, 0.5) is 4.39 Å². The molecule has 1 saturated heterocycles. The first-order valence-corrected chi connectivity index (χ1v) is 11.1. The van der Waals surface area contributed by atoms with Gasteiger partial charge in [-0.3, -0.25) is 18.9 Å². The van der Waals surface area contributed by atoms with Gasteiger partial charge >= 0.3 is 5.69 Å². The monoisotopic (exact) mass is 478 g/mol. The van der Waals surface area contributed by atoms with Gasteiger partial charge in [0.15, 0.2) is 11.6 Å². The van der Waals surface area contributed by atoms with Crippen LogP contribution < -0.4 is 10.4 Å². The number of amides is 1. The summed E-state index contributed by atoms with van der Waals surface area (Å²) in [6, 6.07) is 12.9. The highest BCUT2D eigenvalue weighted by molar-refractivity contribution is 6.30. The zero-order chi connectivity index (χ0) is 23.8. The number of hydrogen-bond donors (Lipinski definition) is 0. The predicted molar refractivity (Wildman–Crippen MR) is 127 cm³/mol. The summed E-state index contributed by atoms with van der Waals surface area (Å²) in [6.07, 6.45) is 5.23. The first kappa shape index (κ1) is 21.9. The van der Waals surface area contributed by atoms with Gasteiger partial charge in [0.1, 0.15) is 5.75 Å². The molecule has 4 aromatic rings. The van der Waals surface area contributed by atoms with Gasteiger partial charge < -0.3 is 9.64 Å². The van der Waals surface area contributed by atoms with Crippen LogP contribution in [-0.2, 0) is 4.79 Å². The van der Waals surface area contributed by atoms with Gasteiger partial charge in [0.25, 0.3) is 0 Å². The van der Waals surface area contributed by atoms with Crippen molar-refractivity contribution in [1.82, 2.24) is 19.0 Å². The quantitative estimate of drug-likeness (QED) is 0.389. The molecule has 1 fully saturated rings. The van der Waals surface area contributed by atoms with Crippen LogP contribution in [0.3, 0.4) is 0 Å². The van der Waals surface area contributed by atoms with E-state index in [4.69, 9.17) is 16.3 Å². The molecule has 0 spiro atoms. The Kier molecular flexibility index (Phi) is 5.67. The van der Waals surface area contributed by atoms with E-state index < -0.39 is 5.82 Å². The number of halogens is 2. The van der Waals surface area contributed by atoms with Crippen LogP contribution in [0.2, 0.25) is 5.02 Å². The highest BCUT2D eigenvalue weighted by Crippen LogP contribution is 2.30. The number of benzene rings is 2. The summed E-state index contributed by atoms with van der Waals surface area (Å²) >= 11 is 5.82. The van der Waals surface area contributed by atoms with Crippen molar-refractivity contribution in [2.24, 2.45) is 0 Å². The summed E-state index contributed by atoms with van der Waals surface area (Å²) in [6.45, 7) is 4.54. The van der Waals surface area contributed by atoms with Crippen LogP contribution in [0.25, 0.3) is 16.7 Å². The SMILES string of the molecule is C=CC(=O)N1CC[C@@H](n2c(=O)n(-c3ccc(Oc4cccc(Cl)c4F)cc3)c3cnccc32)C1. The third-order valence-electron chi connectivity index (χ3n) is 5.93. The fraction of sp³-hybridized carbons (Fsp3) is 0.160. The Labute approximate surface area is 199 Å². The number of aromatic nitrogens is 3. The average molecular weight is 479 g/mol. The van der Waals surface area contributed by atoms with Crippen LogP contribution in [-0.4, -0.2) is 38.0 Å². The second-order valence-corrected chi connectivity index (χ2v) is 8.34. The molecule has 0 radical (unpaired) electrons. The van der Waals surface area contributed by atoms with Crippen LogP contribution in [0.5, 0.6) is 11.5 Å². The number of imidazole rings is 1. The van der Waals surface area contributed by atoms with Crippen molar-refractivity contribution in [3.63, 3.8) is 0 Å². The Morgan fingerprint density at radius 2 is 1.97 bits per heavy atom. The van der Waals surface area contributed by atoms with E-state index >= 15 is 0 Å². The third-order valence-corrected chi connectivity index (χ3v) is 6.22. The molecule has 172 valence electrons. The molecule has 0 N–H and O–H groups in total. The van der Waals surface area contributed by atoms with Crippen molar-refractivity contribution < 1.29 is 13.9 Å². The number of likely N-dealkylation sites (tertiary alicyclic amines) is 1. The van der Waals surface area contributed by atoms with E-state index in [1.807, 2.05) is 0 Å². The molecule has 2 aromatic carbocycles. The van der Waals surface area contributed by atoms with Crippen LogP contribution in [0.15, 0.2) is 78.4 Å². The number of fused-ring (bicyclic) bond motifs is 1. The fourth-order valence-electron chi connectivity index (χ4n) is 4.31. The van der Waals surface area contributed by atoms with Gasteiger partial charge in [-0.1, -0.05) is 24.2 Å². The predicted octanol–water partition coefficient (Wildman–Crippen LogP) is 4.73. The number of hydrogen-bond acceptors (Lipinski definition) is 4. The molecule has 3 heterocycles. The topological polar surface area (TPSA) is 69.4 Å². The highest BCUT2D eigenvalue weighted by Gasteiger charge is 2.30. The Bertz CT molecular complexity index is 1460. The van der Waals surface area contributed by atoms with E-state index in [9.17, 15) is 14.0 Å². The van der Waals surface area contributed by atoms with Crippen LogP contribution in [0, 0.1) is 5.82 Å². The maximum absolute atomic E-state index is 14.2. The molecule has 1 atom stereocenters. The second kappa shape index (κ2) is 8.79. The second-order valence-electron chi connectivity index (χ2n) is 7.93. The zero-order valence-electron chi connectivity index (χ0n) is 18.0. The minimum atomic E-state index is -0.640. The van der Waals surface area contributed by atoms with Crippen molar-refractivity contribution in [2.75, 3.05) is 13.1 Å². The van der Waals surface area contributed by atoms with Crippen molar-refractivity contribution in [3.8, 4) is 17.2 Å². The Hall–Kier alpha value is -3.91. The molecule has 34 heavy (non-hydrogen) atoms. The molecule has 0 aliphatic carbocycles. The highest BCUT2D eigenvalue weighted by atomic mass is 35.5. The molecule has 5 rings (SSSR count). The third kappa shape index (κ3) is 3.76. The Morgan fingerprint density at radius 3 is 2.74 bits per heavy atom. The summed E-state index contributed by atoms with van der Waals surface area (Å²) in [5, 5.41) is -0.0266. The number of pyridine rings is 1. The van der Waals surface area contributed by atoms with Gasteiger partial charge in [-0.15, -0.1) is 0 Å². The summed E-state index contributed by atoms with van der Waals surface area (Å²) in [7, 11) is 0. The molecule has 0 saturated carbocycles. The van der Waals surface area contributed by atoms with E-state index in [2.05, 4.69) is 11.6 Å². The molecule has 1 amide bonds. The molecule has 9 heteroatoms. The van der Waals surface area contributed by atoms with E-state index in [1.54, 1.807) is 62.8 Å². The normalized spacial score (nSPS) is 15.6. The van der Waals surface area contributed by atoms with Gasteiger partial charge in [0.05, 0.1) is 34.0 Å². The smallest absolute Gasteiger partial charge is 0.334 e.